The van der Waals surface area contributed by atoms with Crippen LogP contribution >= 0.6 is 11.3 Å². The third-order valence-electron chi connectivity index (χ3n) is 4.36. The molecule has 3 aromatic rings. The van der Waals surface area contributed by atoms with Gasteiger partial charge in [-0.15, -0.1) is 11.3 Å². The van der Waals surface area contributed by atoms with Gasteiger partial charge in [0.15, 0.2) is 10.8 Å². The van der Waals surface area contributed by atoms with Gasteiger partial charge in [0, 0.05) is 24.4 Å². The summed E-state index contributed by atoms with van der Waals surface area (Å²) >= 11 is 1.30. The predicted molar refractivity (Wildman–Crippen MR) is 97.8 cm³/mol. The lowest BCUT2D eigenvalue weighted by Gasteiger charge is -2.16. The Morgan fingerprint density at radius 1 is 1.31 bits per heavy atom. The number of benzene rings is 1. The van der Waals surface area contributed by atoms with Crippen molar-refractivity contribution in [1.82, 2.24) is 4.98 Å². The minimum absolute atomic E-state index is 0.0440. The van der Waals surface area contributed by atoms with E-state index in [0.29, 0.717) is 34.3 Å². The van der Waals surface area contributed by atoms with Gasteiger partial charge in [-0.1, -0.05) is 0 Å². The van der Waals surface area contributed by atoms with Gasteiger partial charge in [0.25, 0.3) is 11.6 Å². The fraction of sp³-hybridized carbons (Fsp3) is 0.222. The number of non-ortho nitro benzene ring substituents is 1. The van der Waals surface area contributed by atoms with Crippen LogP contribution in [0.15, 0.2) is 34.7 Å². The van der Waals surface area contributed by atoms with Crippen LogP contribution in [0.1, 0.15) is 26.7 Å². The lowest BCUT2D eigenvalue weighted by molar-refractivity contribution is -0.384. The van der Waals surface area contributed by atoms with E-state index < -0.39 is 4.92 Å². The van der Waals surface area contributed by atoms with Crippen molar-refractivity contribution in [1.29, 1.82) is 0 Å². The minimum atomic E-state index is -0.421. The van der Waals surface area contributed by atoms with Crippen LogP contribution in [-0.2, 0) is 6.42 Å². The summed E-state index contributed by atoms with van der Waals surface area (Å²) in [6.07, 6.45) is 0.602. The van der Waals surface area contributed by atoms with E-state index in [9.17, 15) is 14.9 Å². The third kappa shape index (κ3) is 2.68. The lowest BCUT2D eigenvalue weighted by Crippen LogP contribution is -2.28. The summed E-state index contributed by atoms with van der Waals surface area (Å²) in [6, 6.07) is 8.31. The quantitative estimate of drug-likeness (QED) is 0.511. The van der Waals surface area contributed by atoms with Gasteiger partial charge < -0.3 is 9.32 Å². The SMILES string of the molecule is Cc1ccc(-c2nc(C)c(C(=O)N3CCc4cc([N+](=O)[O-])ccc43)s2)o1. The Kier molecular flexibility index (Phi) is 3.84. The van der Waals surface area contributed by atoms with Crippen molar-refractivity contribution < 1.29 is 14.1 Å². The van der Waals surface area contributed by atoms with E-state index in [1.54, 1.807) is 24.0 Å². The van der Waals surface area contributed by atoms with Gasteiger partial charge in [0.05, 0.1) is 10.6 Å². The third-order valence-corrected chi connectivity index (χ3v) is 5.52. The van der Waals surface area contributed by atoms with Crippen LogP contribution in [0.2, 0.25) is 0 Å². The number of nitro benzene ring substituents is 1. The van der Waals surface area contributed by atoms with Crippen molar-refractivity contribution in [3.05, 3.63) is 62.3 Å². The molecule has 0 fully saturated rings. The van der Waals surface area contributed by atoms with Gasteiger partial charge >= 0.3 is 0 Å². The molecule has 0 spiro atoms. The Labute approximate surface area is 153 Å². The molecule has 26 heavy (non-hydrogen) atoms. The van der Waals surface area contributed by atoms with E-state index in [1.165, 1.54) is 17.4 Å². The molecule has 0 saturated carbocycles. The highest BCUT2D eigenvalue weighted by molar-refractivity contribution is 7.17. The number of amides is 1. The summed E-state index contributed by atoms with van der Waals surface area (Å²) < 4.78 is 5.59. The van der Waals surface area contributed by atoms with Gasteiger partial charge in [-0.25, -0.2) is 4.98 Å². The van der Waals surface area contributed by atoms with Crippen LogP contribution in [0.5, 0.6) is 0 Å². The summed E-state index contributed by atoms with van der Waals surface area (Å²) in [6.45, 7) is 4.16. The van der Waals surface area contributed by atoms with Crippen molar-refractivity contribution in [2.75, 3.05) is 11.4 Å². The maximum absolute atomic E-state index is 13.0. The Morgan fingerprint density at radius 3 is 2.81 bits per heavy atom. The number of furan rings is 1. The molecule has 2 aromatic heterocycles. The van der Waals surface area contributed by atoms with Crippen molar-refractivity contribution in [3.63, 3.8) is 0 Å². The zero-order valence-electron chi connectivity index (χ0n) is 14.2. The highest BCUT2D eigenvalue weighted by Gasteiger charge is 2.30. The fourth-order valence-corrected chi connectivity index (χ4v) is 4.06. The van der Waals surface area contributed by atoms with Crippen LogP contribution < -0.4 is 4.90 Å². The molecule has 0 bridgehead atoms. The Bertz CT molecular complexity index is 1040. The van der Waals surface area contributed by atoms with E-state index in [2.05, 4.69) is 4.98 Å². The number of hydrogen-bond donors (Lipinski definition) is 0. The number of carbonyl (C=O) groups is 1. The van der Waals surface area contributed by atoms with Crippen LogP contribution in [0.4, 0.5) is 11.4 Å². The largest absolute Gasteiger partial charge is 0.459 e. The maximum Gasteiger partial charge on any atom is 0.270 e. The zero-order chi connectivity index (χ0) is 18.4. The fourth-order valence-electron chi connectivity index (χ4n) is 3.08. The van der Waals surface area contributed by atoms with Crippen LogP contribution in [-0.4, -0.2) is 22.4 Å². The molecule has 8 heteroatoms. The molecule has 1 aliphatic rings. The number of aromatic nitrogens is 1. The number of hydrogen-bond acceptors (Lipinski definition) is 6. The Morgan fingerprint density at radius 2 is 2.12 bits per heavy atom. The smallest absolute Gasteiger partial charge is 0.270 e. The Balaban J connectivity index is 1.66. The number of thiazole rings is 1. The summed E-state index contributed by atoms with van der Waals surface area (Å²) in [5, 5.41) is 11.6. The number of rotatable bonds is 3. The highest BCUT2D eigenvalue weighted by atomic mass is 32.1. The van der Waals surface area contributed by atoms with Crippen molar-refractivity contribution in [2.45, 2.75) is 20.3 Å². The molecule has 0 radical (unpaired) electrons. The van der Waals surface area contributed by atoms with Crippen molar-refractivity contribution in [3.8, 4) is 10.8 Å². The van der Waals surface area contributed by atoms with E-state index in [1.807, 2.05) is 19.1 Å². The zero-order valence-corrected chi connectivity index (χ0v) is 15.0. The lowest BCUT2D eigenvalue weighted by atomic mass is 10.1. The molecule has 0 unspecified atom stereocenters. The van der Waals surface area contributed by atoms with Crippen LogP contribution in [0.3, 0.4) is 0 Å². The van der Waals surface area contributed by atoms with E-state index in [4.69, 9.17) is 4.42 Å². The first-order chi connectivity index (χ1) is 12.4. The second-order valence-corrected chi connectivity index (χ2v) is 7.12. The highest BCUT2D eigenvalue weighted by Crippen LogP contribution is 2.35. The average molecular weight is 369 g/mol. The standard InChI is InChI=1S/C18H15N3O4S/c1-10-3-6-15(25-10)17-19-11(2)16(26-17)18(22)20-8-7-12-9-13(21(23)24)4-5-14(12)20/h3-6,9H,7-8H2,1-2H3. The second kappa shape index (κ2) is 6.06. The minimum Gasteiger partial charge on any atom is -0.459 e. The number of fused-ring (bicyclic) bond motifs is 1. The molecule has 4 rings (SSSR count). The number of carbonyl (C=O) groups excluding carboxylic acids is 1. The Hall–Kier alpha value is -3.00. The molecule has 0 aliphatic carbocycles. The van der Waals surface area contributed by atoms with E-state index in [0.717, 1.165) is 17.0 Å². The molecular formula is C18H15N3O4S. The van der Waals surface area contributed by atoms with E-state index >= 15 is 0 Å². The summed E-state index contributed by atoms with van der Waals surface area (Å²) in [4.78, 5) is 30.2. The number of nitro groups is 1. The van der Waals surface area contributed by atoms with Crippen molar-refractivity contribution in [2.24, 2.45) is 0 Å². The predicted octanol–water partition coefficient (Wildman–Crippen LogP) is 4.13. The van der Waals surface area contributed by atoms with Gasteiger partial charge in [-0.05, 0) is 44.0 Å². The molecule has 3 heterocycles. The average Bonchev–Trinajstić information content (AvgIpc) is 3.31. The van der Waals surface area contributed by atoms with Crippen LogP contribution in [0, 0.1) is 24.0 Å². The molecule has 0 saturated heterocycles. The molecule has 1 aliphatic heterocycles. The maximum atomic E-state index is 13.0. The first-order valence-electron chi connectivity index (χ1n) is 8.07. The summed E-state index contributed by atoms with van der Waals surface area (Å²) in [7, 11) is 0. The molecule has 1 amide bonds. The summed E-state index contributed by atoms with van der Waals surface area (Å²) in [5.41, 5.74) is 2.24. The van der Waals surface area contributed by atoms with Gasteiger partial charge in [-0.2, -0.15) is 0 Å². The topological polar surface area (TPSA) is 89.5 Å². The number of nitrogens with zero attached hydrogens (tertiary/aromatic N) is 3. The number of anilines is 1. The first-order valence-corrected chi connectivity index (χ1v) is 8.89. The van der Waals surface area contributed by atoms with E-state index in [-0.39, 0.29) is 11.6 Å². The van der Waals surface area contributed by atoms with Crippen molar-refractivity contribution >= 4 is 28.6 Å². The molecule has 7 nitrogen and oxygen atoms in total. The second-order valence-electron chi connectivity index (χ2n) is 6.12. The molecule has 132 valence electrons. The van der Waals surface area contributed by atoms with Gasteiger partial charge in [0.1, 0.15) is 10.6 Å². The monoisotopic (exact) mass is 369 g/mol. The van der Waals surface area contributed by atoms with Crippen LogP contribution in [0.25, 0.3) is 10.8 Å². The number of aryl methyl sites for hydroxylation is 2. The summed E-state index contributed by atoms with van der Waals surface area (Å²) in [5.74, 6) is 1.30. The molecular weight excluding hydrogens is 354 g/mol. The van der Waals surface area contributed by atoms with Gasteiger partial charge in [0.2, 0.25) is 0 Å². The molecule has 0 atom stereocenters. The van der Waals surface area contributed by atoms with Gasteiger partial charge in [-0.3, -0.25) is 14.9 Å². The normalized spacial score (nSPS) is 13.1. The molecule has 0 N–H and O–H groups in total. The first kappa shape index (κ1) is 16.5. The molecule has 1 aromatic carbocycles.